The number of aromatic amines is 1. The van der Waals surface area contributed by atoms with Gasteiger partial charge in [-0.25, -0.2) is 9.78 Å². The number of nitrogens with one attached hydrogen (secondary N) is 2. The van der Waals surface area contributed by atoms with E-state index in [9.17, 15) is 14.4 Å². The smallest absolute Gasteiger partial charge is 0.332 e. The second kappa shape index (κ2) is 6.60. The summed E-state index contributed by atoms with van der Waals surface area (Å²) >= 11 is 0. The number of aromatic nitrogens is 4. The van der Waals surface area contributed by atoms with Crippen molar-refractivity contribution < 1.29 is 9.53 Å². The van der Waals surface area contributed by atoms with Crippen molar-refractivity contribution in [2.24, 2.45) is 14.1 Å². The van der Waals surface area contributed by atoms with Crippen LogP contribution in [0, 0.1) is 0 Å². The predicted octanol–water partition coefficient (Wildman–Crippen LogP) is -0.812. The molecule has 1 saturated heterocycles. The highest BCUT2D eigenvalue weighted by Crippen LogP contribution is 2.11. The largest absolute Gasteiger partial charge is 0.368 e. The van der Waals surface area contributed by atoms with Crippen LogP contribution in [0.4, 0.5) is 0 Å². The monoisotopic (exact) mass is 335 g/mol. The van der Waals surface area contributed by atoms with Crippen molar-refractivity contribution in [2.45, 2.75) is 31.8 Å². The predicted molar refractivity (Wildman–Crippen MR) is 86.9 cm³/mol. The fourth-order valence-electron chi connectivity index (χ4n) is 2.86. The highest BCUT2D eigenvalue weighted by atomic mass is 16.5. The molecule has 1 aliphatic heterocycles. The van der Waals surface area contributed by atoms with E-state index < -0.39 is 11.2 Å². The summed E-state index contributed by atoms with van der Waals surface area (Å²) in [5.74, 6) is 0.544. The number of amides is 1. The van der Waals surface area contributed by atoms with E-state index in [-0.39, 0.29) is 12.0 Å². The Morgan fingerprint density at radius 3 is 2.88 bits per heavy atom. The molecule has 0 bridgehead atoms. The first-order valence-corrected chi connectivity index (χ1v) is 8.03. The van der Waals surface area contributed by atoms with Crippen LogP contribution in [0.3, 0.4) is 0 Å². The summed E-state index contributed by atoms with van der Waals surface area (Å²) in [5.41, 5.74) is -0.132. The summed E-state index contributed by atoms with van der Waals surface area (Å²) in [6, 6.07) is 0. The number of aryl methyl sites for hydroxylation is 2. The molecule has 0 aliphatic carbocycles. The highest BCUT2D eigenvalue weighted by Gasteiger charge is 2.22. The van der Waals surface area contributed by atoms with E-state index in [4.69, 9.17) is 4.74 Å². The summed E-state index contributed by atoms with van der Waals surface area (Å²) in [4.78, 5) is 43.1. The maximum absolute atomic E-state index is 12.1. The number of hydrogen-bond acceptors (Lipinski definition) is 5. The number of hydrogen-bond donors (Lipinski definition) is 2. The lowest BCUT2D eigenvalue weighted by Gasteiger charge is -2.09. The Bertz CT molecular complexity index is 872. The number of fused-ring (bicyclic) bond motifs is 1. The van der Waals surface area contributed by atoms with Gasteiger partial charge in [-0.1, -0.05) is 0 Å². The Labute approximate surface area is 137 Å². The molecule has 130 valence electrons. The maximum atomic E-state index is 12.1. The van der Waals surface area contributed by atoms with Crippen molar-refractivity contribution in [1.82, 2.24) is 24.4 Å². The minimum atomic E-state index is -0.408. The molecule has 0 spiro atoms. The molecule has 0 radical (unpaired) electrons. The number of rotatable bonds is 5. The zero-order valence-corrected chi connectivity index (χ0v) is 13.8. The first kappa shape index (κ1) is 16.4. The zero-order chi connectivity index (χ0) is 17.3. The van der Waals surface area contributed by atoms with E-state index in [0.29, 0.717) is 43.0 Å². The minimum Gasteiger partial charge on any atom is -0.368 e. The third kappa shape index (κ3) is 2.99. The standard InChI is InChI=1S/C15H21N5O4/c1-19-12-11(14(22)20(2)15(19)23)17-10(18-12)6-3-7-16-13(21)9-5-4-8-24-9/h9H,3-8H2,1-2H3,(H,16,21)(H,17,18). The van der Waals surface area contributed by atoms with Crippen molar-refractivity contribution >= 4 is 17.1 Å². The topological polar surface area (TPSA) is 111 Å². The molecule has 1 aliphatic rings. The quantitative estimate of drug-likeness (QED) is 0.694. The molecule has 3 heterocycles. The second-order valence-corrected chi connectivity index (χ2v) is 5.98. The van der Waals surface area contributed by atoms with Gasteiger partial charge >= 0.3 is 5.69 Å². The van der Waals surface area contributed by atoms with Gasteiger partial charge in [-0.15, -0.1) is 0 Å². The van der Waals surface area contributed by atoms with Crippen LogP contribution in [0.5, 0.6) is 0 Å². The number of carbonyl (C=O) groups is 1. The highest BCUT2D eigenvalue weighted by molar-refractivity contribution is 5.80. The number of imidazole rings is 1. The van der Waals surface area contributed by atoms with Gasteiger partial charge in [0.15, 0.2) is 5.65 Å². The Hall–Kier alpha value is -2.42. The number of carbonyl (C=O) groups excluding carboxylic acids is 1. The summed E-state index contributed by atoms with van der Waals surface area (Å²) in [6.07, 6.45) is 2.61. The average Bonchev–Trinajstić information content (AvgIpc) is 3.24. The average molecular weight is 335 g/mol. The van der Waals surface area contributed by atoms with Crippen LogP contribution in [0.1, 0.15) is 25.1 Å². The third-order valence-corrected chi connectivity index (χ3v) is 4.26. The van der Waals surface area contributed by atoms with E-state index in [0.717, 1.165) is 17.4 Å². The van der Waals surface area contributed by atoms with E-state index in [1.807, 2.05) is 0 Å². The maximum Gasteiger partial charge on any atom is 0.332 e. The fraction of sp³-hybridized carbons (Fsp3) is 0.600. The second-order valence-electron chi connectivity index (χ2n) is 5.98. The van der Waals surface area contributed by atoms with Crippen LogP contribution in [0.15, 0.2) is 9.59 Å². The molecule has 1 unspecified atom stereocenters. The lowest BCUT2D eigenvalue weighted by molar-refractivity contribution is -0.130. The molecule has 2 aromatic rings. The van der Waals surface area contributed by atoms with Gasteiger partial charge in [0.2, 0.25) is 5.91 Å². The lowest BCUT2D eigenvalue weighted by Crippen LogP contribution is -2.36. The molecule has 2 aromatic heterocycles. The normalized spacial score (nSPS) is 17.5. The van der Waals surface area contributed by atoms with Gasteiger partial charge in [-0.3, -0.25) is 18.7 Å². The van der Waals surface area contributed by atoms with Gasteiger partial charge in [0.1, 0.15) is 17.4 Å². The van der Waals surface area contributed by atoms with Crippen molar-refractivity contribution in [3.05, 3.63) is 26.7 Å². The molecule has 2 N–H and O–H groups in total. The molecule has 9 heteroatoms. The SMILES string of the molecule is Cn1c(=O)c2[nH]c(CCCNC(=O)C3CCCO3)nc2n(C)c1=O. The Morgan fingerprint density at radius 1 is 1.38 bits per heavy atom. The Balaban J connectivity index is 1.63. The molecule has 9 nitrogen and oxygen atoms in total. The Morgan fingerprint density at radius 2 is 2.17 bits per heavy atom. The molecular formula is C15H21N5O4. The first-order valence-electron chi connectivity index (χ1n) is 8.03. The minimum absolute atomic E-state index is 0.0756. The van der Waals surface area contributed by atoms with E-state index in [2.05, 4.69) is 15.3 Å². The molecular weight excluding hydrogens is 314 g/mol. The van der Waals surface area contributed by atoms with E-state index in [1.54, 1.807) is 7.05 Å². The molecule has 1 atom stereocenters. The van der Waals surface area contributed by atoms with Crippen LogP contribution in [-0.4, -0.2) is 44.3 Å². The van der Waals surface area contributed by atoms with Crippen molar-refractivity contribution in [3.63, 3.8) is 0 Å². The molecule has 3 rings (SSSR count). The van der Waals surface area contributed by atoms with Gasteiger partial charge in [-0.2, -0.15) is 0 Å². The van der Waals surface area contributed by atoms with Crippen molar-refractivity contribution in [3.8, 4) is 0 Å². The van der Waals surface area contributed by atoms with Crippen LogP contribution >= 0.6 is 0 Å². The summed E-state index contributed by atoms with van der Waals surface area (Å²) < 4.78 is 7.71. The van der Waals surface area contributed by atoms with Crippen LogP contribution in [0.25, 0.3) is 11.2 Å². The summed E-state index contributed by atoms with van der Waals surface area (Å²) in [5, 5.41) is 2.84. The number of H-pyrrole nitrogens is 1. The van der Waals surface area contributed by atoms with Crippen LogP contribution in [0.2, 0.25) is 0 Å². The summed E-state index contributed by atoms with van der Waals surface area (Å²) in [7, 11) is 3.02. The van der Waals surface area contributed by atoms with Gasteiger partial charge in [0.25, 0.3) is 5.56 Å². The van der Waals surface area contributed by atoms with Gasteiger partial charge in [0.05, 0.1) is 0 Å². The molecule has 0 saturated carbocycles. The van der Waals surface area contributed by atoms with Crippen molar-refractivity contribution in [1.29, 1.82) is 0 Å². The summed E-state index contributed by atoms with van der Waals surface area (Å²) in [6.45, 7) is 1.15. The molecule has 24 heavy (non-hydrogen) atoms. The van der Waals surface area contributed by atoms with Gasteiger partial charge in [0, 0.05) is 33.7 Å². The van der Waals surface area contributed by atoms with Crippen LogP contribution < -0.4 is 16.6 Å². The first-order chi connectivity index (χ1) is 11.5. The van der Waals surface area contributed by atoms with E-state index >= 15 is 0 Å². The Kier molecular flexibility index (Phi) is 4.52. The number of ether oxygens (including phenoxy) is 1. The third-order valence-electron chi connectivity index (χ3n) is 4.26. The number of nitrogens with zero attached hydrogens (tertiary/aromatic N) is 3. The lowest BCUT2D eigenvalue weighted by atomic mass is 10.2. The van der Waals surface area contributed by atoms with Crippen LogP contribution in [-0.2, 0) is 30.0 Å². The molecule has 0 aromatic carbocycles. The van der Waals surface area contributed by atoms with Crippen molar-refractivity contribution in [2.75, 3.05) is 13.2 Å². The molecule has 1 amide bonds. The fourth-order valence-corrected chi connectivity index (χ4v) is 2.86. The van der Waals surface area contributed by atoms with E-state index in [1.165, 1.54) is 11.6 Å². The van der Waals surface area contributed by atoms with Gasteiger partial charge in [-0.05, 0) is 19.3 Å². The zero-order valence-electron chi connectivity index (χ0n) is 13.8. The van der Waals surface area contributed by atoms with Gasteiger partial charge < -0.3 is 15.0 Å². The molecule has 1 fully saturated rings.